The second kappa shape index (κ2) is 7.40. The lowest BCUT2D eigenvalue weighted by Crippen LogP contribution is -2.31. The van der Waals surface area contributed by atoms with Crippen LogP contribution in [0.5, 0.6) is 5.75 Å². The van der Waals surface area contributed by atoms with Crippen molar-refractivity contribution in [2.45, 2.75) is 13.3 Å². The van der Waals surface area contributed by atoms with Gasteiger partial charge in [-0.2, -0.15) is 0 Å². The maximum atomic E-state index is 12.7. The molecule has 0 aliphatic heterocycles. The number of aromatic amines is 1. The molecular formula is C16H17FN2O3. The zero-order valence-corrected chi connectivity index (χ0v) is 12.2. The highest BCUT2D eigenvalue weighted by Gasteiger charge is 2.09. The molecule has 6 heteroatoms. The number of nitrogens with one attached hydrogen (secondary N) is 2. The van der Waals surface area contributed by atoms with E-state index in [4.69, 9.17) is 4.74 Å². The molecule has 0 radical (unpaired) electrons. The van der Waals surface area contributed by atoms with Gasteiger partial charge in [-0.3, -0.25) is 9.59 Å². The van der Waals surface area contributed by atoms with Gasteiger partial charge in [0.15, 0.2) is 0 Å². The summed E-state index contributed by atoms with van der Waals surface area (Å²) in [6.07, 6.45) is 0.576. The molecule has 0 atom stereocenters. The van der Waals surface area contributed by atoms with E-state index < -0.39 is 11.5 Å². The highest BCUT2D eigenvalue weighted by molar-refractivity contribution is 5.93. The summed E-state index contributed by atoms with van der Waals surface area (Å²) in [6, 6.07) is 8.90. The number of H-pyrrole nitrogens is 1. The molecule has 2 N–H and O–H groups in total. The summed E-state index contributed by atoms with van der Waals surface area (Å²) in [5.74, 6) is -0.159. The van der Waals surface area contributed by atoms with Crippen molar-refractivity contribution in [2.24, 2.45) is 0 Å². The number of carbonyl (C=O) groups excluding carboxylic acids is 1. The molecule has 116 valence electrons. The Morgan fingerprint density at radius 2 is 1.95 bits per heavy atom. The van der Waals surface area contributed by atoms with Gasteiger partial charge in [-0.05, 0) is 49.7 Å². The molecule has 0 saturated carbocycles. The topological polar surface area (TPSA) is 71.2 Å². The van der Waals surface area contributed by atoms with Gasteiger partial charge in [-0.15, -0.1) is 0 Å². The molecule has 0 aliphatic carbocycles. The van der Waals surface area contributed by atoms with E-state index in [1.165, 1.54) is 18.2 Å². The van der Waals surface area contributed by atoms with Crippen molar-refractivity contribution in [3.8, 4) is 5.75 Å². The van der Waals surface area contributed by atoms with Crippen LogP contribution in [0.3, 0.4) is 0 Å². The van der Waals surface area contributed by atoms with Crippen molar-refractivity contribution in [3.05, 3.63) is 63.8 Å². The van der Waals surface area contributed by atoms with Gasteiger partial charge in [-0.25, -0.2) is 4.39 Å². The largest absolute Gasteiger partial charge is 0.494 e. The highest BCUT2D eigenvalue weighted by atomic mass is 19.1. The van der Waals surface area contributed by atoms with E-state index in [0.717, 1.165) is 0 Å². The van der Waals surface area contributed by atoms with Gasteiger partial charge in [-0.1, -0.05) is 0 Å². The second-order valence-electron chi connectivity index (χ2n) is 4.80. The number of halogens is 1. The Labute approximate surface area is 127 Å². The fourth-order valence-corrected chi connectivity index (χ4v) is 1.84. The van der Waals surface area contributed by atoms with Crippen LogP contribution < -0.4 is 15.6 Å². The summed E-state index contributed by atoms with van der Waals surface area (Å²) in [5.41, 5.74) is 0.388. The Bertz CT molecular complexity index is 695. The Morgan fingerprint density at radius 1 is 1.23 bits per heavy atom. The predicted octanol–water partition coefficient (Wildman–Crippen LogP) is 2.02. The monoisotopic (exact) mass is 304 g/mol. The van der Waals surface area contributed by atoms with E-state index in [1.54, 1.807) is 25.1 Å². The van der Waals surface area contributed by atoms with Crippen molar-refractivity contribution in [1.29, 1.82) is 0 Å². The first-order valence-corrected chi connectivity index (χ1v) is 6.93. The number of pyridine rings is 1. The smallest absolute Gasteiger partial charge is 0.260 e. The third-order valence-electron chi connectivity index (χ3n) is 2.99. The molecule has 0 bridgehead atoms. The molecular weight excluding hydrogens is 287 g/mol. The Kier molecular flexibility index (Phi) is 5.30. The predicted molar refractivity (Wildman–Crippen MR) is 80.6 cm³/mol. The van der Waals surface area contributed by atoms with Crippen LogP contribution >= 0.6 is 0 Å². The minimum Gasteiger partial charge on any atom is -0.494 e. The third kappa shape index (κ3) is 4.44. The van der Waals surface area contributed by atoms with E-state index >= 15 is 0 Å². The molecule has 2 rings (SSSR count). The average molecular weight is 304 g/mol. The van der Waals surface area contributed by atoms with Crippen molar-refractivity contribution in [2.75, 3.05) is 13.2 Å². The van der Waals surface area contributed by atoms with Gasteiger partial charge in [0.05, 0.1) is 6.61 Å². The lowest BCUT2D eigenvalue weighted by Gasteiger charge is -2.07. The summed E-state index contributed by atoms with van der Waals surface area (Å²) < 4.78 is 18.1. The number of amides is 1. The van der Waals surface area contributed by atoms with Gasteiger partial charge in [0.25, 0.3) is 11.5 Å². The number of carbonyl (C=O) groups is 1. The molecule has 0 spiro atoms. The first kappa shape index (κ1) is 15.8. The summed E-state index contributed by atoms with van der Waals surface area (Å²) in [7, 11) is 0. The summed E-state index contributed by atoms with van der Waals surface area (Å²) in [6.45, 7) is 2.51. The normalized spacial score (nSPS) is 10.3. The minimum atomic E-state index is -0.414. The molecule has 2 aromatic rings. The van der Waals surface area contributed by atoms with E-state index in [-0.39, 0.29) is 11.4 Å². The van der Waals surface area contributed by atoms with Gasteiger partial charge < -0.3 is 15.0 Å². The van der Waals surface area contributed by atoms with Gasteiger partial charge in [0.1, 0.15) is 17.1 Å². The van der Waals surface area contributed by atoms with Crippen LogP contribution in [-0.4, -0.2) is 24.0 Å². The lowest BCUT2D eigenvalue weighted by atomic mass is 10.2. The van der Waals surface area contributed by atoms with Crippen LogP contribution in [0.15, 0.2) is 41.2 Å². The Hall–Kier alpha value is -2.63. The Morgan fingerprint density at radius 3 is 2.64 bits per heavy atom. The molecule has 0 fully saturated rings. The van der Waals surface area contributed by atoms with Crippen LogP contribution in [0.4, 0.5) is 4.39 Å². The molecule has 0 unspecified atom stereocenters. The number of aryl methyl sites for hydroxylation is 1. The second-order valence-corrected chi connectivity index (χ2v) is 4.80. The van der Waals surface area contributed by atoms with E-state index in [2.05, 4.69) is 10.3 Å². The number of hydrogen-bond donors (Lipinski definition) is 2. The average Bonchev–Trinajstić information content (AvgIpc) is 2.48. The van der Waals surface area contributed by atoms with Crippen molar-refractivity contribution in [3.63, 3.8) is 0 Å². The van der Waals surface area contributed by atoms with Crippen LogP contribution in [0.1, 0.15) is 22.5 Å². The lowest BCUT2D eigenvalue weighted by molar-refractivity contribution is 0.0950. The number of hydrogen-bond acceptors (Lipinski definition) is 3. The van der Waals surface area contributed by atoms with Crippen LogP contribution in [0.2, 0.25) is 0 Å². The van der Waals surface area contributed by atoms with Gasteiger partial charge in [0, 0.05) is 12.2 Å². The van der Waals surface area contributed by atoms with Crippen molar-refractivity contribution in [1.82, 2.24) is 10.3 Å². The molecule has 1 amide bonds. The van der Waals surface area contributed by atoms with E-state index in [9.17, 15) is 14.0 Å². The van der Waals surface area contributed by atoms with Crippen molar-refractivity contribution >= 4 is 5.91 Å². The summed E-state index contributed by atoms with van der Waals surface area (Å²) in [4.78, 5) is 26.0. The van der Waals surface area contributed by atoms with E-state index in [1.807, 2.05) is 0 Å². The fourth-order valence-electron chi connectivity index (χ4n) is 1.84. The third-order valence-corrected chi connectivity index (χ3v) is 2.99. The highest BCUT2D eigenvalue weighted by Crippen LogP contribution is 2.10. The zero-order valence-electron chi connectivity index (χ0n) is 12.2. The molecule has 0 aliphatic rings. The standard InChI is InChI=1S/C16H17FN2O3/c1-11-3-8-14(16(21)19-11)15(20)18-9-2-10-22-13-6-4-12(17)5-7-13/h3-8H,2,9-10H2,1H3,(H,18,20)(H,19,21). The zero-order chi connectivity index (χ0) is 15.9. The number of rotatable bonds is 6. The van der Waals surface area contributed by atoms with Crippen LogP contribution in [0.25, 0.3) is 0 Å². The van der Waals surface area contributed by atoms with E-state index in [0.29, 0.717) is 31.0 Å². The molecule has 0 saturated heterocycles. The first-order valence-electron chi connectivity index (χ1n) is 6.93. The SMILES string of the molecule is Cc1ccc(C(=O)NCCCOc2ccc(F)cc2)c(=O)[nH]1. The molecule has 1 aromatic heterocycles. The maximum absolute atomic E-state index is 12.7. The van der Waals surface area contributed by atoms with Gasteiger partial charge >= 0.3 is 0 Å². The molecule has 5 nitrogen and oxygen atoms in total. The van der Waals surface area contributed by atoms with Gasteiger partial charge in [0.2, 0.25) is 0 Å². The number of benzene rings is 1. The maximum Gasteiger partial charge on any atom is 0.260 e. The molecule has 1 aromatic carbocycles. The fraction of sp³-hybridized carbons (Fsp3) is 0.250. The van der Waals surface area contributed by atoms with Crippen molar-refractivity contribution < 1.29 is 13.9 Å². The molecule has 22 heavy (non-hydrogen) atoms. The quantitative estimate of drug-likeness (QED) is 0.802. The summed E-state index contributed by atoms with van der Waals surface area (Å²) >= 11 is 0. The number of ether oxygens (including phenoxy) is 1. The Balaban J connectivity index is 1.73. The number of aromatic nitrogens is 1. The molecule has 1 heterocycles. The van der Waals surface area contributed by atoms with Crippen LogP contribution in [0, 0.1) is 12.7 Å². The summed E-state index contributed by atoms with van der Waals surface area (Å²) in [5, 5.41) is 2.66. The van der Waals surface area contributed by atoms with Crippen LogP contribution in [-0.2, 0) is 0 Å². The first-order chi connectivity index (χ1) is 10.6. The minimum absolute atomic E-state index is 0.0880.